The van der Waals surface area contributed by atoms with Gasteiger partial charge in [-0.2, -0.15) is 0 Å². The van der Waals surface area contributed by atoms with Gasteiger partial charge in [-0.1, -0.05) is 56.3 Å². The van der Waals surface area contributed by atoms with Crippen LogP contribution in [-0.2, 0) is 17.6 Å². The summed E-state index contributed by atoms with van der Waals surface area (Å²) in [5, 5.41) is 2.93. The maximum atomic E-state index is 12.2. The normalized spacial score (nSPS) is 10.8. The molecule has 5 nitrogen and oxygen atoms in total. The lowest BCUT2D eigenvalue weighted by atomic mass is 10.1. The fourth-order valence-electron chi connectivity index (χ4n) is 2.96. The fraction of sp³-hybridized carbons (Fsp3) is 0.261. The van der Waals surface area contributed by atoms with Crippen LogP contribution in [0.3, 0.4) is 0 Å². The van der Waals surface area contributed by atoms with E-state index in [0.29, 0.717) is 24.3 Å². The number of benzene rings is 2. The van der Waals surface area contributed by atoms with Crippen molar-refractivity contribution < 1.29 is 4.79 Å². The number of aryl methyl sites for hydroxylation is 2. The summed E-state index contributed by atoms with van der Waals surface area (Å²) in [5.41, 5.74) is 10.2. The van der Waals surface area contributed by atoms with E-state index in [1.807, 2.05) is 56.3 Å². The third kappa shape index (κ3) is 5.39. The topological polar surface area (TPSA) is 80.9 Å². The van der Waals surface area contributed by atoms with Gasteiger partial charge in [0.05, 0.1) is 17.6 Å². The molecule has 0 aliphatic heterocycles. The number of rotatable bonds is 7. The van der Waals surface area contributed by atoms with E-state index in [4.69, 9.17) is 10.7 Å². The number of aromatic nitrogens is 2. The predicted molar refractivity (Wildman–Crippen MR) is 114 cm³/mol. The Hall–Kier alpha value is -3.21. The van der Waals surface area contributed by atoms with Gasteiger partial charge >= 0.3 is 0 Å². The highest BCUT2D eigenvalue weighted by Gasteiger charge is 2.13. The number of nitrogens with two attached hydrogens (primary N) is 1. The van der Waals surface area contributed by atoms with Crippen molar-refractivity contribution in [1.82, 2.24) is 9.97 Å². The summed E-state index contributed by atoms with van der Waals surface area (Å²) in [6.07, 6.45) is 3.67. The molecule has 0 bridgehead atoms. The highest BCUT2D eigenvalue weighted by atomic mass is 16.1. The van der Waals surface area contributed by atoms with Crippen molar-refractivity contribution in [2.24, 2.45) is 5.92 Å². The van der Waals surface area contributed by atoms with Crippen LogP contribution in [0.4, 0.5) is 11.5 Å². The van der Waals surface area contributed by atoms with Gasteiger partial charge in [-0.15, -0.1) is 0 Å². The van der Waals surface area contributed by atoms with Gasteiger partial charge in [0.2, 0.25) is 5.91 Å². The summed E-state index contributed by atoms with van der Waals surface area (Å²) < 4.78 is 0. The smallest absolute Gasteiger partial charge is 0.225 e. The van der Waals surface area contributed by atoms with Crippen molar-refractivity contribution in [2.45, 2.75) is 33.1 Å². The average molecular weight is 374 g/mol. The summed E-state index contributed by atoms with van der Waals surface area (Å²) >= 11 is 0. The molecule has 144 valence electrons. The standard InChI is InChI=1S/C23H26N4O/c1-16(2)14-22(28)27-23-20(13-8-17-6-4-3-5-7-17)26-21(15-25-23)18-9-11-19(24)12-10-18/h3-7,9-12,15-16H,8,13-14,24H2,1-2H3,(H,25,27,28). The van der Waals surface area contributed by atoms with E-state index in [-0.39, 0.29) is 11.8 Å². The van der Waals surface area contributed by atoms with Crippen LogP contribution < -0.4 is 11.1 Å². The number of anilines is 2. The van der Waals surface area contributed by atoms with E-state index in [0.717, 1.165) is 23.4 Å². The Kier molecular flexibility index (Phi) is 6.37. The van der Waals surface area contributed by atoms with Gasteiger partial charge in [0.1, 0.15) is 0 Å². The molecule has 0 aliphatic carbocycles. The second-order valence-corrected chi connectivity index (χ2v) is 7.30. The Morgan fingerprint density at radius 3 is 2.43 bits per heavy atom. The molecule has 1 heterocycles. The van der Waals surface area contributed by atoms with Crippen LogP contribution in [-0.4, -0.2) is 15.9 Å². The minimum atomic E-state index is -0.0366. The molecule has 0 spiro atoms. The van der Waals surface area contributed by atoms with Crippen molar-refractivity contribution >= 4 is 17.4 Å². The molecule has 3 N–H and O–H groups in total. The first kappa shape index (κ1) is 19.5. The molecule has 0 aliphatic rings. The van der Waals surface area contributed by atoms with E-state index in [9.17, 15) is 4.79 Å². The van der Waals surface area contributed by atoms with E-state index in [2.05, 4.69) is 22.4 Å². The molecule has 1 amide bonds. The highest BCUT2D eigenvalue weighted by Crippen LogP contribution is 2.22. The minimum absolute atomic E-state index is 0.0366. The second kappa shape index (κ2) is 9.13. The van der Waals surface area contributed by atoms with Crippen LogP contribution in [0.25, 0.3) is 11.3 Å². The van der Waals surface area contributed by atoms with Crippen LogP contribution in [0.1, 0.15) is 31.5 Å². The number of nitrogens with one attached hydrogen (secondary N) is 1. The summed E-state index contributed by atoms with van der Waals surface area (Å²) in [7, 11) is 0. The molecule has 0 unspecified atom stereocenters. The number of amides is 1. The number of hydrogen-bond acceptors (Lipinski definition) is 4. The molecule has 1 aromatic heterocycles. The molecular formula is C23H26N4O. The minimum Gasteiger partial charge on any atom is -0.399 e. The highest BCUT2D eigenvalue weighted by molar-refractivity contribution is 5.90. The number of carbonyl (C=O) groups is 1. The molecule has 3 rings (SSSR count). The predicted octanol–water partition coefficient (Wildman–Crippen LogP) is 4.50. The zero-order valence-electron chi connectivity index (χ0n) is 16.4. The molecule has 3 aromatic rings. The largest absolute Gasteiger partial charge is 0.399 e. The first-order chi connectivity index (χ1) is 13.5. The zero-order chi connectivity index (χ0) is 19.9. The summed E-state index contributed by atoms with van der Waals surface area (Å²) in [5.74, 6) is 0.793. The summed E-state index contributed by atoms with van der Waals surface area (Å²) in [6.45, 7) is 4.04. The molecule has 5 heteroatoms. The average Bonchev–Trinajstić information content (AvgIpc) is 2.68. The van der Waals surface area contributed by atoms with Crippen molar-refractivity contribution in [3.63, 3.8) is 0 Å². The fourth-order valence-corrected chi connectivity index (χ4v) is 2.96. The maximum absolute atomic E-state index is 12.2. The van der Waals surface area contributed by atoms with Crippen LogP contribution in [0.2, 0.25) is 0 Å². The van der Waals surface area contributed by atoms with Gasteiger partial charge in [0, 0.05) is 17.7 Å². The molecule has 0 saturated heterocycles. The Balaban J connectivity index is 1.87. The Labute approximate surface area is 166 Å². The molecule has 0 saturated carbocycles. The number of hydrogen-bond donors (Lipinski definition) is 2. The van der Waals surface area contributed by atoms with Gasteiger partial charge in [-0.25, -0.2) is 9.97 Å². The first-order valence-electron chi connectivity index (χ1n) is 9.57. The van der Waals surface area contributed by atoms with Gasteiger partial charge in [-0.05, 0) is 36.5 Å². The zero-order valence-corrected chi connectivity index (χ0v) is 16.4. The quantitative estimate of drug-likeness (QED) is 0.597. The lowest BCUT2D eigenvalue weighted by molar-refractivity contribution is -0.116. The third-order valence-corrected chi connectivity index (χ3v) is 4.40. The Morgan fingerprint density at radius 1 is 1.04 bits per heavy atom. The number of carbonyl (C=O) groups excluding carboxylic acids is 1. The molecule has 0 radical (unpaired) electrons. The summed E-state index contributed by atoms with van der Waals surface area (Å²) in [6, 6.07) is 17.8. The van der Waals surface area contributed by atoms with Gasteiger partial charge in [0.25, 0.3) is 0 Å². The van der Waals surface area contributed by atoms with Gasteiger partial charge < -0.3 is 11.1 Å². The molecule has 0 atom stereocenters. The van der Waals surface area contributed by atoms with Crippen molar-refractivity contribution in [2.75, 3.05) is 11.1 Å². The van der Waals surface area contributed by atoms with Crippen LogP contribution >= 0.6 is 0 Å². The van der Waals surface area contributed by atoms with Crippen LogP contribution in [0, 0.1) is 5.92 Å². The van der Waals surface area contributed by atoms with Gasteiger partial charge in [-0.3, -0.25) is 4.79 Å². The monoisotopic (exact) mass is 374 g/mol. The van der Waals surface area contributed by atoms with E-state index < -0.39 is 0 Å². The van der Waals surface area contributed by atoms with Crippen molar-refractivity contribution in [3.8, 4) is 11.3 Å². The lowest BCUT2D eigenvalue weighted by Crippen LogP contribution is -2.17. The second-order valence-electron chi connectivity index (χ2n) is 7.30. The SMILES string of the molecule is CC(C)CC(=O)Nc1ncc(-c2ccc(N)cc2)nc1CCc1ccccc1. The van der Waals surface area contributed by atoms with E-state index in [1.54, 1.807) is 6.20 Å². The Morgan fingerprint density at radius 2 is 1.75 bits per heavy atom. The lowest BCUT2D eigenvalue weighted by Gasteiger charge is -2.12. The molecule has 2 aromatic carbocycles. The number of nitrogens with zero attached hydrogens (tertiary/aromatic N) is 2. The van der Waals surface area contributed by atoms with Crippen LogP contribution in [0.15, 0.2) is 60.8 Å². The third-order valence-electron chi connectivity index (χ3n) is 4.40. The summed E-state index contributed by atoms with van der Waals surface area (Å²) in [4.78, 5) is 21.6. The number of nitrogen functional groups attached to an aromatic ring is 1. The van der Waals surface area contributed by atoms with Crippen molar-refractivity contribution in [3.05, 3.63) is 72.1 Å². The van der Waals surface area contributed by atoms with E-state index >= 15 is 0 Å². The Bertz CT molecular complexity index is 921. The van der Waals surface area contributed by atoms with Gasteiger partial charge in [0.15, 0.2) is 5.82 Å². The van der Waals surface area contributed by atoms with E-state index in [1.165, 1.54) is 5.56 Å². The first-order valence-corrected chi connectivity index (χ1v) is 9.57. The van der Waals surface area contributed by atoms with Crippen LogP contribution in [0.5, 0.6) is 0 Å². The molecule has 28 heavy (non-hydrogen) atoms. The maximum Gasteiger partial charge on any atom is 0.225 e. The van der Waals surface area contributed by atoms with Crippen molar-refractivity contribution in [1.29, 1.82) is 0 Å². The molecular weight excluding hydrogens is 348 g/mol. The molecule has 0 fully saturated rings.